The van der Waals surface area contributed by atoms with Gasteiger partial charge in [-0.2, -0.15) is 0 Å². The molecule has 2 rings (SSSR count). The summed E-state index contributed by atoms with van der Waals surface area (Å²) in [6, 6.07) is 7.61. The number of rotatable bonds is 3. The third-order valence-corrected chi connectivity index (χ3v) is 6.94. The minimum atomic E-state index is -3.06. The maximum absolute atomic E-state index is 12.1. The molecule has 0 aliphatic carbocycles. The molecule has 0 spiro atoms. The van der Waals surface area contributed by atoms with Gasteiger partial charge in [0.15, 0.2) is 15.8 Å². The van der Waals surface area contributed by atoms with Crippen molar-refractivity contribution in [2.75, 3.05) is 25.4 Å². The summed E-state index contributed by atoms with van der Waals surface area (Å²) in [4.78, 5) is 6.65. The molecule has 0 aromatic heterocycles. The molecule has 1 aromatic rings. The normalized spacial score (nSPS) is 20.3. The molecule has 1 aromatic carbocycles. The zero-order chi connectivity index (χ0) is 17.1. The van der Waals surface area contributed by atoms with Gasteiger partial charge in [0.25, 0.3) is 0 Å². The van der Waals surface area contributed by atoms with Gasteiger partial charge >= 0.3 is 0 Å². The van der Waals surface area contributed by atoms with Crippen LogP contribution in [0.5, 0.6) is 0 Å². The van der Waals surface area contributed by atoms with Crippen molar-refractivity contribution in [2.45, 2.75) is 32.1 Å². The van der Waals surface area contributed by atoms with Crippen LogP contribution >= 0.6 is 11.6 Å². The van der Waals surface area contributed by atoms with E-state index in [4.69, 9.17) is 11.6 Å². The van der Waals surface area contributed by atoms with Crippen LogP contribution in [-0.4, -0.2) is 49.4 Å². The van der Waals surface area contributed by atoms with E-state index in [0.717, 1.165) is 18.1 Å². The van der Waals surface area contributed by atoms with Gasteiger partial charge in [-0.25, -0.2) is 13.4 Å². The molecule has 0 amide bonds. The number of hydrogen-bond donors (Lipinski definition) is 1. The minimum absolute atomic E-state index is 0.149. The number of benzene rings is 1. The van der Waals surface area contributed by atoms with E-state index < -0.39 is 14.6 Å². The highest BCUT2D eigenvalue weighted by Crippen LogP contribution is 2.24. The van der Waals surface area contributed by atoms with Crippen LogP contribution in [0.1, 0.15) is 26.3 Å². The van der Waals surface area contributed by atoms with Crippen molar-refractivity contribution >= 4 is 27.4 Å². The van der Waals surface area contributed by atoms with Crippen molar-refractivity contribution < 1.29 is 8.42 Å². The fourth-order valence-corrected chi connectivity index (χ4v) is 4.10. The average molecular weight is 358 g/mol. The van der Waals surface area contributed by atoms with Crippen LogP contribution in [0.2, 0.25) is 5.02 Å². The molecule has 1 fully saturated rings. The minimum Gasteiger partial charge on any atom is -0.357 e. The van der Waals surface area contributed by atoms with Crippen LogP contribution in [0.3, 0.4) is 0 Å². The molecule has 1 aliphatic rings. The Labute approximate surface area is 143 Å². The molecular weight excluding hydrogens is 334 g/mol. The summed E-state index contributed by atoms with van der Waals surface area (Å²) in [5.74, 6) is 0.881. The molecule has 0 saturated carbocycles. The van der Waals surface area contributed by atoms with E-state index >= 15 is 0 Å². The topological polar surface area (TPSA) is 61.8 Å². The first-order chi connectivity index (χ1) is 10.8. The van der Waals surface area contributed by atoms with Crippen molar-refractivity contribution in [3.05, 3.63) is 34.9 Å². The Kier molecular flexibility index (Phi) is 5.57. The number of sulfone groups is 1. The van der Waals surface area contributed by atoms with E-state index in [1.54, 1.807) is 13.8 Å². The van der Waals surface area contributed by atoms with Crippen LogP contribution in [-0.2, 0) is 16.4 Å². The number of nitrogens with zero attached hydrogens (tertiary/aromatic N) is 2. The molecule has 0 radical (unpaired) electrons. The second-order valence-electron chi connectivity index (χ2n) is 6.26. The molecule has 1 heterocycles. The van der Waals surface area contributed by atoms with Gasteiger partial charge < -0.3 is 10.2 Å². The summed E-state index contributed by atoms with van der Waals surface area (Å²) in [6.45, 7) is 7.62. The number of aliphatic imine (C=N–C) groups is 1. The summed E-state index contributed by atoms with van der Waals surface area (Å²) in [5.41, 5.74) is 0.952. The van der Waals surface area contributed by atoms with E-state index in [1.807, 2.05) is 36.1 Å². The van der Waals surface area contributed by atoms with E-state index in [1.165, 1.54) is 0 Å². The first kappa shape index (κ1) is 18.1. The summed E-state index contributed by atoms with van der Waals surface area (Å²) in [5, 5.41) is 3.93. The van der Waals surface area contributed by atoms with E-state index in [0.29, 0.717) is 24.7 Å². The number of nitrogens with one attached hydrogen (secondary N) is 1. The maximum atomic E-state index is 12.1. The lowest BCUT2D eigenvalue weighted by molar-refractivity contribution is 0.353. The fraction of sp³-hybridized carbons (Fsp3) is 0.562. The number of guanidine groups is 1. The Morgan fingerprint density at radius 3 is 2.70 bits per heavy atom. The predicted octanol–water partition coefficient (Wildman–Crippen LogP) is 2.31. The van der Waals surface area contributed by atoms with Crippen molar-refractivity contribution in [2.24, 2.45) is 4.99 Å². The van der Waals surface area contributed by atoms with Crippen LogP contribution < -0.4 is 5.32 Å². The lowest BCUT2D eigenvalue weighted by Crippen LogP contribution is -2.57. The summed E-state index contributed by atoms with van der Waals surface area (Å²) >= 11 is 6.17. The fourth-order valence-electron chi connectivity index (χ4n) is 2.54. The standard InChI is InChI=1S/C16H24ClN3O2S/c1-4-18-15(19-11-13-7-5-6-8-14(13)17)20-9-10-23(21,22)16(2,3)12-20/h5-8H,4,9-12H2,1-3H3,(H,18,19). The zero-order valence-electron chi connectivity index (χ0n) is 13.8. The zero-order valence-corrected chi connectivity index (χ0v) is 15.4. The van der Waals surface area contributed by atoms with Crippen molar-refractivity contribution in [1.29, 1.82) is 0 Å². The smallest absolute Gasteiger partial charge is 0.194 e. The van der Waals surface area contributed by atoms with Gasteiger partial charge in [0, 0.05) is 24.7 Å². The monoisotopic (exact) mass is 357 g/mol. The lowest BCUT2D eigenvalue weighted by Gasteiger charge is -2.39. The van der Waals surface area contributed by atoms with Gasteiger partial charge in [-0.15, -0.1) is 0 Å². The van der Waals surface area contributed by atoms with Crippen molar-refractivity contribution in [3.63, 3.8) is 0 Å². The molecule has 0 atom stereocenters. The summed E-state index contributed by atoms with van der Waals surface area (Å²) < 4.78 is 23.5. The molecule has 23 heavy (non-hydrogen) atoms. The molecule has 0 unspecified atom stereocenters. The molecule has 1 N–H and O–H groups in total. The van der Waals surface area contributed by atoms with Gasteiger partial charge in [-0.05, 0) is 32.4 Å². The second-order valence-corrected chi connectivity index (χ2v) is 9.41. The van der Waals surface area contributed by atoms with Crippen LogP contribution in [0.4, 0.5) is 0 Å². The lowest BCUT2D eigenvalue weighted by atomic mass is 10.2. The highest BCUT2D eigenvalue weighted by Gasteiger charge is 2.40. The Bertz CT molecular complexity index is 686. The average Bonchev–Trinajstić information content (AvgIpc) is 2.48. The third-order valence-electron chi connectivity index (χ3n) is 4.03. The number of halogens is 1. The molecule has 0 bridgehead atoms. The van der Waals surface area contributed by atoms with Crippen molar-refractivity contribution in [1.82, 2.24) is 10.2 Å². The van der Waals surface area contributed by atoms with E-state index in [2.05, 4.69) is 10.3 Å². The third kappa shape index (κ3) is 4.18. The van der Waals surface area contributed by atoms with Gasteiger partial charge in [0.1, 0.15) is 0 Å². The highest BCUT2D eigenvalue weighted by molar-refractivity contribution is 7.92. The van der Waals surface area contributed by atoms with E-state index in [9.17, 15) is 8.42 Å². The first-order valence-corrected chi connectivity index (χ1v) is 9.79. The van der Waals surface area contributed by atoms with Gasteiger partial charge in [0.2, 0.25) is 0 Å². The predicted molar refractivity (Wildman–Crippen MR) is 95.7 cm³/mol. The molecule has 5 nitrogen and oxygen atoms in total. The van der Waals surface area contributed by atoms with Crippen molar-refractivity contribution in [3.8, 4) is 0 Å². The molecule has 1 aliphatic heterocycles. The molecule has 128 valence electrons. The van der Waals surface area contributed by atoms with Crippen LogP contribution in [0, 0.1) is 0 Å². The molecule has 1 saturated heterocycles. The Balaban J connectivity index is 2.19. The molecular formula is C16H24ClN3O2S. The first-order valence-electron chi connectivity index (χ1n) is 7.76. The van der Waals surface area contributed by atoms with Gasteiger partial charge in [-0.3, -0.25) is 0 Å². The Morgan fingerprint density at radius 1 is 1.39 bits per heavy atom. The van der Waals surface area contributed by atoms with E-state index in [-0.39, 0.29) is 5.75 Å². The highest BCUT2D eigenvalue weighted by atomic mass is 35.5. The summed E-state index contributed by atoms with van der Waals surface area (Å²) in [7, 11) is -3.06. The Morgan fingerprint density at radius 2 is 2.09 bits per heavy atom. The Hall–Kier alpha value is -1.27. The van der Waals surface area contributed by atoms with Crippen LogP contribution in [0.15, 0.2) is 29.3 Å². The SMILES string of the molecule is CCNC(=NCc1ccccc1Cl)N1CCS(=O)(=O)C(C)(C)C1. The summed E-state index contributed by atoms with van der Waals surface area (Å²) in [6.07, 6.45) is 0. The van der Waals surface area contributed by atoms with Gasteiger partial charge in [0.05, 0.1) is 17.0 Å². The number of hydrogen-bond acceptors (Lipinski definition) is 3. The van der Waals surface area contributed by atoms with Crippen LogP contribution in [0.25, 0.3) is 0 Å². The quantitative estimate of drug-likeness (QED) is 0.666. The maximum Gasteiger partial charge on any atom is 0.194 e. The van der Waals surface area contributed by atoms with Gasteiger partial charge in [-0.1, -0.05) is 29.8 Å². The second kappa shape index (κ2) is 7.09. The largest absolute Gasteiger partial charge is 0.357 e. The molecule has 7 heteroatoms.